The van der Waals surface area contributed by atoms with Gasteiger partial charge < -0.3 is 5.11 Å². The molecule has 2 nitrogen and oxygen atoms in total. The minimum absolute atomic E-state index is 0.189. The van der Waals surface area contributed by atoms with Crippen molar-refractivity contribution in [2.24, 2.45) is 0 Å². The van der Waals surface area contributed by atoms with Crippen molar-refractivity contribution in [1.29, 1.82) is 0 Å². The summed E-state index contributed by atoms with van der Waals surface area (Å²) in [6, 6.07) is 0. The molecule has 0 spiro atoms. The average molecular weight is 321 g/mol. The summed E-state index contributed by atoms with van der Waals surface area (Å²) in [4.78, 5) is 11.9. The number of rotatable bonds is 6. The van der Waals surface area contributed by atoms with Crippen LogP contribution in [-0.2, 0) is 4.79 Å². The molecular formula is C16H17BrO2. The molecule has 0 saturated heterocycles. The number of halogens is 1. The Morgan fingerprint density at radius 3 is 2.32 bits per heavy atom. The summed E-state index contributed by atoms with van der Waals surface area (Å²) in [5.41, 5.74) is 0. The topological polar surface area (TPSA) is 37.3 Å². The normalized spacial score (nSPS) is 10.4. The molecule has 0 saturated carbocycles. The Morgan fingerprint density at radius 1 is 1.05 bits per heavy atom. The fraction of sp³-hybridized carbons (Fsp3) is 0.312. The first-order valence-corrected chi connectivity index (χ1v) is 6.95. The van der Waals surface area contributed by atoms with Crippen LogP contribution in [0.1, 0.15) is 32.1 Å². The number of unbranched alkanes of at least 4 members (excludes halogenated alkanes) is 2. The van der Waals surface area contributed by atoms with Crippen molar-refractivity contribution in [3.05, 3.63) is 35.4 Å². The van der Waals surface area contributed by atoms with Crippen LogP contribution >= 0.6 is 15.9 Å². The SMILES string of the molecule is O=C(O)CCCC#CC=CCCC=CC#CC=CBr. The smallest absolute Gasteiger partial charge is 0.303 e. The van der Waals surface area contributed by atoms with Gasteiger partial charge in [0.25, 0.3) is 0 Å². The van der Waals surface area contributed by atoms with Gasteiger partial charge in [0.15, 0.2) is 0 Å². The molecule has 0 aliphatic rings. The molecule has 0 amide bonds. The van der Waals surface area contributed by atoms with Crippen LogP contribution in [0.25, 0.3) is 0 Å². The van der Waals surface area contributed by atoms with Crippen LogP contribution in [-0.4, -0.2) is 11.1 Å². The fourth-order valence-corrected chi connectivity index (χ4v) is 1.20. The van der Waals surface area contributed by atoms with Crippen LogP contribution in [0.5, 0.6) is 0 Å². The van der Waals surface area contributed by atoms with Crippen LogP contribution in [0.2, 0.25) is 0 Å². The van der Waals surface area contributed by atoms with Crippen molar-refractivity contribution < 1.29 is 9.90 Å². The first-order valence-electron chi connectivity index (χ1n) is 6.04. The Bertz CT molecular complexity index is 451. The summed E-state index contributed by atoms with van der Waals surface area (Å²) >= 11 is 3.13. The monoisotopic (exact) mass is 320 g/mol. The largest absolute Gasteiger partial charge is 0.481 e. The lowest BCUT2D eigenvalue weighted by Crippen LogP contribution is -1.92. The standard InChI is InChI=1S/C16H17BrO2/c17-15-13-11-9-7-5-3-1-2-4-6-8-10-12-14-16(18)19/h2,4-5,7,13,15H,1,3,10,12,14H2,(H,18,19). The molecule has 1 N–H and O–H groups in total. The maximum absolute atomic E-state index is 10.2. The van der Waals surface area contributed by atoms with E-state index in [0.29, 0.717) is 12.8 Å². The van der Waals surface area contributed by atoms with Gasteiger partial charge in [0.05, 0.1) is 0 Å². The number of carboxylic acids is 1. The molecule has 0 radical (unpaired) electrons. The van der Waals surface area contributed by atoms with Crippen LogP contribution in [0, 0.1) is 23.7 Å². The van der Waals surface area contributed by atoms with Crippen LogP contribution < -0.4 is 0 Å². The quantitative estimate of drug-likeness (QED) is 0.592. The summed E-state index contributed by atoms with van der Waals surface area (Å²) < 4.78 is 0. The lowest BCUT2D eigenvalue weighted by Gasteiger charge is -1.86. The van der Waals surface area contributed by atoms with Crippen molar-refractivity contribution in [3.63, 3.8) is 0 Å². The Morgan fingerprint density at radius 2 is 1.68 bits per heavy atom. The van der Waals surface area contributed by atoms with E-state index >= 15 is 0 Å². The number of carbonyl (C=O) groups is 1. The lowest BCUT2D eigenvalue weighted by molar-refractivity contribution is -0.137. The number of hydrogen-bond acceptors (Lipinski definition) is 1. The highest BCUT2D eigenvalue weighted by Crippen LogP contribution is 1.94. The first kappa shape index (κ1) is 17.3. The minimum atomic E-state index is -0.765. The third-order valence-electron chi connectivity index (χ3n) is 1.93. The number of carboxylic acid groups (broad SMARTS) is 1. The van der Waals surface area contributed by atoms with Crippen LogP contribution in [0.3, 0.4) is 0 Å². The number of hydrogen-bond donors (Lipinski definition) is 1. The molecule has 0 aromatic heterocycles. The Balaban J connectivity index is 3.57. The predicted octanol–water partition coefficient (Wildman–Crippen LogP) is 4.05. The summed E-state index contributed by atoms with van der Waals surface area (Å²) in [6.45, 7) is 0. The maximum Gasteiger partial charge on any atom is 0.303 e. The molecule has 0 aliphatic heterocycles. The zero-order chi connectivity index (χ0) is 14.2. The van der Waals surface area contributed by atoms with E-state index in [2.05, 4.69) is 39.6 Å². The lowest BCUT2D eigenvalue weighted by atomic mass is 10.2. The molecule has 100 valence electrons. The van der Waals surface area contributed by atoms with Gasteiger partial charge in [-0.3, -0.25) is 4.79 Å². The van der Waals surface area contributed by atoms with Gasteiger partial charge in [-0.05, 0) is 42.5 Å². The Hall–Kier alpha value is -1.71. The summed E-state index contributed by atoms with van der Waals surface area (Å²) in [6.07, 6.45) is 12.7. The highest BCUT2D eigenvalue weighted by molar-refractivity contribution is 9.11. The van der Waals surface area contributed by atoms with Crippen molar-refractivity contribution >= 4 is 21.9 Å². The van der Waals surface area contributed by atoms with Gasteiger partial charge in [-0.15, -0.1) is 0 Å². The molecule has 0 aromatic carbocycles. The van der Waals surface area contributed by atoms with E-state index in [9.17, 15) is 4.79 Å². The van der Waals surface area contributed by atoms with Gasteiger partial charge in [-0.2, -0.15) is 0 Å². The second-order valence-electron chi connectivity index (χ2n) is 3.53. The average Bonchev–Trinajstić information content (AvgIpc) is 2.39. The highest BCUT2D eigenvalue weighted by Gasteiger charge is 1.92. The molecule has 19 heavy (non-hydrogen) atoms. The molecular weight excluding hydrogens is 304 g/mol. The van der Waals surface area contributed by atoms with Crippen LogP contribution in [0.15, 0.2) is 35.4 Å². The third kappa shape index (κ3) is 16.3. The van der Waals surface area contributed by atoms with E-state index in [-0.39, 0.29) is 6.42 Å². The maximum atomic E-state index is 10.2. The van der Waals surface area contributed by atoms with Gasteiger partial charge in [0.2, 0.25) is 0 Å². The van der Waals surface area contributed by atoms with Crippen molar-refractivity contribution in [2.45, 2.75) is 32.1 Å². The third-order valence-corrected chi connectivity index (χ3v) is 2.19. The second kappa shape index (κ2) is 14.4. The van der Waals surface area contributed by atoms with Crippen molar-refractivity contribution in [1.82, 2.24) is 0 Å². The Kier molecular flexibility index (Phi) is 13.1. The van der Waals surface area contributed by atoms with E-state index in [4.69, 9.17) is 5.11 Å². The summed E-state index contributed by atoms with van der Waals surface area (Å²) in [7, 11) is 0. The predicted molar refractivity (Wildman–Crippen MR) is 82.6 cm³/mol. The summed E-state index contributed by atoms with van der Waals surface area (Å²) in [5.74, 6) is 10.7. The molecule has 0 atom stereocenters. The van der Waals surface area contributed by atoms with Crippen molar-refractivity contribution in [2.75, 3.05) is 0 Å². The minimum Gasteiger partial charge on any atom is -0.481 e. The van der Waals surface area contributed by atoms with Gasteiger partial charge in [0, 0.05) is 12.8 Å². The van der Waals surface area contributed by atoms with Gasteiger partial charge in [-0.1, -0.05) is 51.8 Å². The number of allylic oxidation sites excluding steroid dienone is 5. The van der Waals surface area contributed by atoms with E-state index in [1.54, 1.807) is 11.1 Å². The molecule has 0 aromatic rings. The zero-order valence-corrected chi connectivity index (χ0v) is 12.3. The molecule has 3 heteroatoms. The van der Waals surface area contributed by atoms with Gasteiger partial charge >= 0.3 is 5.97 Å². The van der Waals surface area contributed by atoms with E-state index in [0.717, 1.165) is 12.8 Å². The van der Waals surface area contributed by atoms with E-state index in [1.807, 2.05) is 24.3 Å². The van der Waals surface area contributed by atoms with Gasteiger partial charge in [-0.25, -0.2) is 0 Å². The highest BCUT2D eigenvalue weighted by atomic mass is 79.9. The van der Waals surface area contributed by atoms with Gasteiger partial charge in [0.1, 0.15) is 0 Å². The summed E-state index contributed by atoms with van der Waals surface area (Å²) in [5, 5.41) is 8.42. The zero-order valence-electron chi connectivity index (χ0n) is 10.7. The Labute approximate surface area is 123 Å². The second-order valence-corrected chi connectivity index (χ2v) is 4.06. The molecule has 0 unspecified atom stereocenters. The molecule has 0 heterocycles. The molecule has 0 aliphatic carbocycles. The van der Waals surface area contributed by atoms with E-state index < -0.39 is 5.97 Å². The van der Waals surface area contributed by atoms with Crippen LogP contribution in [0.4, 0.5) is 0 Å². The molecule has 0 fully saturated rings. The molecule has 0 rings (SSSR count). The first-order chi connectivity index (χ1) is 9.27. The van der Waals surface area contributed by atoms with E-state index in [1.165, 1.54) is 0 Å². The van der Waals surface area contributed by atoms with Crippen molar-refractivity contribution in [3.8, 4) is 23.7 Å². The molecule has 0 bridgehead atoms. The number of aliphatic carboxylic acids is 1. The fourth-order valence-electron chi connectivity index (χ4n) is 1.06.